The minimum absolute atomic E-state index is 0.00170. The maximum atomic E-state index is 11.2. The summed E-state index contributed by atoms with van der Waals surface area (Å²) in [5, 5.41) is 89.7. The lowest BCUT2D eigenvalue weighted by atomic mass is 9.77. The molecule has 0 amide bonds. The molecular weight excluding hydrogens is 440 g/mol. The largest absolute Gasteiger partial charge is 0.504 e. The molecule has 0 radical (unpaired) electrons. The Labute approximate surface area is 191 Å². The number of aryl methyl sites for hydroxylation is 4. The molecule has 2 aliphatic rings. The van der Waals surface area contributed by atoms with Crippen molar-refractivity contribution in [2.75, 3.05) is 0 Å². The summed E-state index contributed by atoms with van der Waals surface area (Å²) in [4.78, 5) is 0. The standard InChI is InChI=1S/C26H20O8/c27-19-7-3-1-4-8-11(7)13-15(23(19)31)17-14-12-9(21(29)25(17)33)5-2-6-10(12)22(30)26(34)18(14)16(13)24(32)20(8)28/h27-34H,1-6H2. The zero-order valence-corrected chi connectivity index (χ0v) is 17.8. The third-order valence-corrected chi connectivity index (χ3v) is 7.90. The number of phenols is 8. The summed E-state index contributed by atoms with van der Waals surface area (Å²) in [6.07, 6.45) is 2.75. The molecule has 0 saturated heterocycles. The topological polar surface area (TPSA) is 162 Å². The van der Waals surface area contributed by atoms with Gasteiger partial charge in [-0.05, 0) is 49.3 Å². The van der Waals surface area contributed by atoms with Crippen LogP contribution in [-0.2, 0) is 25.7 Å². The van der Waals surface area contributed by atoms with Crippen LogP contribution in [0.5, 0.6) is 46.0 Å². The van der Waals surface area contributed by atoms with E-state index < -0.39 is 46.0 Å². The van der Waals surface area contributed by atoms with Gasteiger partial charge in [0.1, 0.15) is 0 Å². The summed E-state index contributed by atoms with van der Waals surface area (Å²) >= 11 is 0. The van der Waals surface area contributed by atoms with E-state index in [4.69, 9.17) is 0 Å². The fourth-order valence-corrected chi connectivity index (χ4v) is 6.54. The first-order chi connectivity index (χ1) is 16.3. The Morgan fingerprint density at radius 3 is 0.735 bits per heavy atom. The first-order valence-electron chi connectivity index (χ1n) is 11.2. The number of aromatic hydroxyl groups is 8. The fraction of sp³-hybridized carbons (Fsp3) is 0.231. The Bertz CT molecular complexity index is 1530. The molecule has 0 spiro atoms. The van der Waals surface area contributed by atoms with E-state index in [1.165, 1.54) is 0 Å². The molecule has 8 heteroatoms. The normalized spacial score (nSPS) is 15.3. The number of hydrogen-bond acceptors (Lipinski definition) is 8. The van der Waals surface area contributed by atoms with Gasteiger partial charge in [0.15, 0.2) is 46.0 Å². The van der Waals surface area contributed by atoms with Crippen molar-refractivity contribution in [3.8, 4) is 46.0 Å². The van der Waals surface area contributed by atoms with E-state index in [0.717, 1.165) is 0 Å². The quantitative estimate of drug-likeness (QED) is 0.0960. The summed E-state index contributed by atoms with van der Waals surface area (Å²) in [6, 6.07) is 0. The lowest BCUT2D eigenvalue weighted by Crippen LogP contribution is -2.06. The second-order valence-corrected chi connectivity index (χ2v) is 9.41. The molecule has 5 aromatic carbocycles. The van der Waals surface area contributed by atoms with Crippen molar-refractivity contribution in [3.05, 3.63) is 22.3 Å². The van der Waals surface area contributed by atoms with Crippen LogP contribution in [-0.4, -0.2) is 40.9 Å². The van der Waals surface area contributed by atoms with E-state index in [0.29, 0.717) is 71.6 Å². The molecule has 172 valence electrons. The van der Waals surface area contributed by atoms with Crippen molar-refractivity contribution in [3.63, 3.8) is 0 Å². The van der Waals surface area contributed by atoms with Crippen molar-refractivity contribution in [1.82, 2.24) is 0 Å². The molecule has 0 aromatic heterocycles. The molecule has 0 saturated carbocycles. The van der Waals surface area contributed by atoms with Crippen LogP contribution in [0.2, 0.25) is 0 Å². The summed E-state index contributed by atoms with van der Waals surface area (Å²) in [5.74, 6) is -3.68. The molecule has 2 aliphatic carbocycles. The number of fused-ring (bicyclic) bond motifs is 2. The fourth-order valence-electron chi connectivity index (χ4n) is 6.54. The number of hydrogen-bond donors (Lipinski definition) is 8. The summed E-state index contributed by atoms with van der Waals surface area (Å²) in [7, 11) is 0. The highest BCUT2D eigenvalue weighted by atomic mass is 16.3. The SMILES string of the molecule is Oc1c2c3c(c(O)c(O)c4c5c(O)c(O)c6c7c(c(O)c(O)c(c(c1O)c34)c75)CCC6)CCC2. The van der Waals surface area contributed by atoms with Crippen molar-refractivity contribution in [2.24, 2.45) is 0 Å². The van der Waals surface area contributed by atoms with E-state index in [1.807, 2.05) is 0 Å². The molecule has 0 heterocycles. The van der Waals surface area contributed by atoms with Crippen LogP contribution >= 0.6 is 0 Å². The molecule has 8 N–H and O–H groups in total. The van der Waals surface area contributed by atoms with E-state index in [2.05, 4.69) is 0 Å². The molecule has 0 unspecified atom stereocenters. The van der Waals surface area contributed by atoms with Crippen LogP contribution in [0.4, 0.5) is 0 Å². The maximum absolute atomic E-state index is 11.2. The van der Waals surface area contributed by atoms with Gasteiger partial charge in [-0.15, -0.1) is 0 Å². The smallest absolute Gasteiger partial charge is 0.166 e. The van der Waals surface area contributed by atoms with Gasteiger partial charge in [0.2, 0.25) is 0 Å². The molecular formula is C26H20O8. The van der Waals surface area contributed by atoms with Gasteiger partial charge in [0, 0.05) is 54.6 Å². The highest BCUT2D eigenvalue weighted by Gasteiger charge is 2.35. The zero-order valence-electron chi connectivity index (χ0n) is 17.8. The number of phenolic OH excluding ortho intramolecular Hbond substituents is 8. The maximum Gasteiger partial charge on any atom is 0.166 e. The van der Waals surface area contributed by atoms with Crippen molar-refractivity contribution in [2.45, 2.75) is 38.5 Å². The lowest BCUT2D eigenvalue weighted by molar-refractivity contribution is 0.395. The Balaban J connectivity index is 1.99. The Morgan fingerprint density at radius 2 is 0.500 bits per heavy atom. The minimum Gasteiger partial charge on any atom is -0.504 e. The first-order valence-corrected chi connectivity index (χ1v) is 11.2. The lowest BCUT2D eigenvalue weighted by Gasteiger charge is -2.28. The van der Waals surface area contributed by atoms with E-state index in [-0.39, 0.29) is 32.3 Å². The second-order valence-electron chi connectivity index (χ2n) is 9.41. The van der Waals surface area contributed by atoms with Crippen molar-refractivity contribution in [1.29, 1.82) is 0 Å². The highest BCUT2D eigenvalue weighted by Crippen LogP contribution is 2.62. The van der Waals surface area contributed by atoms with Gasteiger partial charge in [-0.25, -0.2) is 0 Å². The van der Waals surface area contributed by atoms with Crippen LogP contribution in [0.25, 0.3) is 43.1 Å². The molecule has 0 atom stereocenters. The van der Waals surface area contributed by atoms with Crippen molar-refractivity contribution >= 4 is 43.1 Å². The van der Waals surface area contributed by atoms with Gasteiger partial charge < -0.3 is 40.9 Å². The van der Waals surface area contributed by atoms with Gasteiger partial charge in [-0.2, -0.15) is 0 Å². The van der Waals surface area contributed by atoms with Crippen LogP contribution in [0, 0.1) is 0 Å². The number of rotatable bonds is 0. The van der Waals surface area contributed by atoms with Gasteiger partial charge >= 0.3 is 0 Å². The highest BCUT2D eigenvalue weighted by molar-refractivity contribution is 6.40. The summed E-state index contributed by atoms with van der Waals surface area (Å²) < 4.78 is 0. The van der Waals surface area contributed by atoms with Crippen LogP contribution in [0.1, 0.15) is 35.1 Å². The third-order valence-electron chi connectivity index (χ3n) is 7.90. The summed E-state index contributed by atoms with van der Waals surface area (Å²) in [6.45, 7) is 0. The summed E-state index contributed by atoms with van der Waals surface area (Å²) in [5.41, 5.74) is 1.54. The Hall–Kier alpha value is -4.20. The molecule has 7 rings (SSSR count). The molecule has 0 aliphatic heterocycles. The Morgan fingerprint density at radius 1 is 0.265 bits per heavy atom. The molecule has 5 aromatic rings. The monoisotopic (exact) mass is 460 g/mol. The zero-order chi connectivity index (χ0) is 23.8. The Kier molecular flexibility index (Phi) is 3.31. The number of benzene rings is 5. The van der Waals surface area contributed by atoms with Crippen LogP contribution in [0.15, 0.2) is 0 Å². The molecule has 0 fully saturated rings. The molecule has 8 nitrogen and oxygen atoms in total. The predicted octanol–water partition coefficient (Wildman–Crippen LogP) is 4.36. The first kappa shape index (κ1) is 19.3. The van der Waals surface area contributed by atoms with Gasteiger partial charge in [0.05, 0.1) is 0 Å². The van der Waals surface area contributed by atoms with Gasteiger partial charge in [-0.1, -0.05) is 0 Å². The van der Waals surface area contributed by atoms with E-state index >= 15 is 0 Å². The average Bonchev–Trinajstić information content (AvgIpc) is 2.85. The average molecular weight is 460 g/mol. The predicted molar refractivity (Wildman–Crippen MR) is 125 cm³/mol. The van der Waals surface area contributed by atoms with Crippen LogP contribution < -0.4 is 0 Å². The molecule has 0 bridgehead atoms. The molecule has 34 heavy (non-hydrogen) atoms. The van der Waals surface area contributed by atoms with Gasteiger partial charge in [-0.3, -0.25) is 0 Å². The van der Waals surface area contributed by atoms with Crippen molar-refractivity contribution < 1.29 is 40.9 Å². The second kappa shape index (κ2) is 5.83. The van der Waals surface area contributed by atoms with Crippen LogP contribution in [0.3, 0.4) is 0 Å². The minimum atomic E-state index is -0.526. The third kappa shape index (κ3) is 1.85. The van der Waals surface area contributed by atoms with E-state index in [1.54, 1.807) is 0 Å². The van der Waals surface area contributed by atoms with Gasteiger partial charge in [0.25, 0.3) is 0 Å². The van der Waals surface area contributed by atoms with E-state index in [9.17, 15) is 40.9 Å².